The first kappa shape index (κ1) is 14.0. The lowest BCUT2D eigenvalue weighted by atomic mass is 9.50. The van der Waals surface area contributed by atoms with E-state index in [0.717, 1.165) is 48.9 Å². The predicted molar refractivity (Wildman–Crippen MR) is 85.8 cm³/mol. The fourth-order valence-corrected chi connectivity index (χ4v) is 6.78. The second-order valence-electron chi connectivity index (χ2n) is 8.83. The minimum atomic E-state index is 0.485. The van der Waals surface area contributed by atoms with Crippen molar-refractivity contribution in [3.05, 3.63) is 11.6 Å². The Bertz CT molecular complexity index is 490. The lowest BCUT2D eigenvalue weighted by molar-refractivity contribution is -0.120. The van der Waals surface area contributed by atoms with Gasteiger partial charge in [-0.05, 0) is 73.0 Å². The molecule has 0 amide bonds. The van der Waals surface area contributed by atoms with Crippen LogP contribution in [0.25, 0.3) is 0 Å². The van der Waals surface area contributed by atoms with E-state index in [1.165, 1.54) is 31.3 Å². The van der Waals surface area contributed by atoms with Crippen LogP contribution in [0.1, 0.15) is 65.7 Å². The van der Waals surface area contributed by atoms with Gasteiger partial charge in [0.05, 0.1) is 0 Å². The summed E-state index contributed by atoms with van der Waals surface area (Å²) in [6.07, 6.45) is 11.0. The van der Waals surface area contributed by atoms with Gasteiger partial charge >= 0.3 is 0 Å². The standard InChI is InChI=1S/C20H30O/c1-12-10-14-11-15(21)5-6-16(14)17-8-9-20(3)13(2)4-7-18(20)19(12)17/h10,12-13,16-19H,4-9,11H2,1-3H3/t12-,13+,16?,17?,18?,19?,20-/m1/s1. The number of carbonyl (C=O) groups is 1. The van der Waals surface area contributed by atoms with Gasteiger partial charge in [0.25, 0.3) is 0 Å². The second-order valence-corrected chi connectivity index (χ2v) is 8.83. The maximum atomic E-state index is 11.8. The summed E-state index contributed by atoms with van der Waals surface area (Å²) in [5.41, 5.74) is 2.13. The van der Waals surface area contributed by atoms with Crippen LogP contribution in [0.4, 0.5) is 0 Å². The van der Waals surface area contributed by atoms with Crippen molar-refractivity contribution in [2.45, 2.75) is 65.7 Å². The van der Waals surface area contributed by atoms with E-state index in [9.17, 15) is 4.79 Å². The molecule has 0 saturated heterocycles. The highest BCUT2D eigenvalue weighted by Crippen LogP contribution is 2.63. The Morgan fingerprint density at radius 1 is 1.14 bits per heavy atom. The smallest absolute Gasteiger partial charge is 0.136 e. The molecule has 1 heteroatoms. The van der Waals surface area contributed by atoms with Crippen LogP contribution in [0.2, 0.25) is 0 Å². The number of Topliss-reactive ketones (excluding diaryl/α,β-unsaturated/α-hetero) is 1. The van der Waals surface area contributed by atoms with Crippen molar-refractivity contribution in [3.63, 3.8) is 0 Å². The molecule has 0 aliphatic heterocycles. The molecule has 4 aliphatic rings. The molecule has 0 aromatic heterocycles. The third-order valence-electron chi connectivity index (χ3n) is 8.07. The van der Waals surface area contributed by atoms with Gasteiger partial charge in [-0.15, -0.1) is 0 Å². The first-order chi connectivity index (χ1) is 10.0. The van der Waals surface area contributed by atoms with E-state index in [-0.39, 0.29) is 0 Å². The first-order valence-corrected chi connectivity index (χ1v) is 9.23. The Morgan fingerprint density at radius 2 is 1.95 bits per heavy atom. The highest BCUT2D eigenvalue weighted by atomic mass is 16.1. The molecule has 0 radical (unpaired) electrons. The van der Waals surface area contributed by atoms with Gasteiger partial charge in [0.2, 0.25) is 0 Å². The van der Waals surface area contributed by atoms with Crippen LogP contribution in [-0.4, -0.2) is 5.78 Å². The Morgan fingerprint density at radius 3 is 2.76 bits per heavy atom. The van der Waals surface area contributed by atoms with Gasteiger partial charge in [-0.3, -0.25) is 4.79 Å². The van der Waals surface area contributed by atoms with Crippen molar-refractivity contribution in [1.29, 1.82) is 0 Å². The van der Waals surface area contributed by atoms with E-state index < -0.39 is 0 Å². The van der Waals surface area contributed by atoms with E-state index in [2.05, 4.69) is 26.8 Å². The van der Waals surface area contributed by atoms with Crippen LogP contribution in [0.3, 0.4) is 0 Å². The van der Waals surface area contributed by atoms with Gasteiger partial charge in [-0.25, -0.2) is 0 Å². The summed E-state index contributed by atoms with van der Waals surface area (Å²) in [5.74, 6) is 5.57. The van der Waals surface area contributed by atoms with E-state index in [0.29, 0.717) is 17.1 Å². The van der Waals surface area contributed by atoms with Crippen molar-refractivity contribution >= 4 is 5.78 Å². The van der Waals surface area contributed by atoms with Crippen molar-refractivity contribution in [3.8, 4) is 0 Å². The monoisotopic (exact) mass is 286 g/mol. The highest BCUT2D eigenvalue weighted by Gasteiger charge is 2.56. The molecule has 21 heavy (non-hydrogen) atoms. The Balaban J connectivity index is 1.69. The van der Waals surface area contributed by atoms with Crippen LogP contribution in [0.5, 0.6) is 0 Å². The molecule has 0 bridgehead atoms. The number of fused-ring (bicyclic) bond motifs is 5. The number of hydrogen-bond acceptors (Lipinski definition) is 1. The van der Waals surface area contributed by atoms with E-state index in [4.69, 9.17) is 0 Å². The van der Waals surface area contributed by atoms with Gasteiger partial charge in [0.1, 0.15) is 5.78 Å². The van der Waals surface area contributed by atoms with Gasteiger partial charge in [0.15, 0.2) is 0 Å². The normalized spacial score (nSPS) is 52.7. The molecular weight excluding hydrogens is 256 g/mol. The molecule has 4 rings (SSSR count). The number of rotatable bonds is 0. The zero-order valence-corrected chi connectivity index (χ0v) is 13.9. The topological polar surface area (TPSA) is 17.1 Å². The minimum absolute atomic E-state index is 0.485. The highest BCUT2D eigenvalue weighted by molar-refractivity contribution is 5.82. The molecule has 3 fully saturated rings. The number of carbonyl (C=O) groups excluding carboxylic acids is 1. The SMILES string of the molecule is C[C@@H]1C=C2CC(=O)CCC2C2CC[C@@]3(C)C(CC[C@@H]3C)C21. The Labute approximate surface area is 129 Å². The number of ketones is 1. The van der Waals surface area contributed by atoms with Crippen molar-refractivity contribution in [2.24, 2.45) is 40.9 Å². The average Bonchev–Trinajstić information content (AvgIpc) is 2.74. The third kappa shape index (κ3) is 1.92. The summed E-state index contributed by atoms with van der Waals surface area (Å²) in [6, 6.07) is 0. The number of hydrogen-bond donors (Lipinski definition) is 0. The van der Waals surface area contributed by atoms with Crippen molar-refractivity contribution in [1.82, 2.24) is 0 Å². The zero-order chi connectivity index (χ0) is 14.8. The van der Waals surface area contributed by atoms with Crippen molar-refractivity contribution in [2.75, 3.05) is 0 Å². The predicted octanol–water partition coefficient (Wildman–Crippen LogP) is 5.01. The van der Waals surface area contributed by atoms with Crippen LogP contribution < -0.4 is 0 Å². The van der Waals surface area contributed by atoms with E-state index in [1.807, 2.05) is 0 Å². The molecule has 0 aromatic rings. The van der Waals surface area contributed by atoms with Gasteiger partial charge in [-0.2, -0.15) is 0 Å². The van der Waals surface area contributed by atoms with Gasteiger partial charge < -0.3 is 0 Å². The van der Waals surface area contributed by atoms with Crippen LogP contribution in [0.15, 0.2) is 11.6 Å². The molecule has 0 spiro atoms. The minimum Gasteiger partial charge on any atom is -0.299 e. The molecule has 4 aliphatic carbocycles. The van der Waals surface area contributed by atoms with Crippen LogP contribution in [0, 0.1) is 40.9 Å². The van der Waals surface area contributed by atoms with Crippen molar-refractivity contribution < 1.29 is 4.79 Å². The molecule has 0 aromatic carbocycles. The summed E-state index contributed by atoms with van der Waals surface area (Å²) >= 11 is 0. The maximum Gasteiger partial charge on any atom is 0.136 e. The summed E-state index contributed by atoms with van der Waals surface area (Å²) in [7, 11) is 0. The summed E-state index contributed by atoms with van der Waals surface area (Å²) in [5, 5.41) is 0. The molecule has 1 nitrogen and oxygen atoms in total. The fourth-order valence-electron chi connectivity index (χ4n) is 6.78. The fraction of sp³-hybridized carbons (Fsp3) is 0.850. The quantitative estimate of drug-likeness (QED) is 0.572. The molecule has 4 unspecified atom stereocenters. The lowest BCUT2D eigenvalue weighted by Crippen LogP contribution is -2.48. The summed E-state index contributed by atoms with van der Waals surface area (Å²) in [4.78, 5) is 11.8. The van der Waals surface area contributed by atoms with E-state index >= 15 is 0 Å². The molecule has 116 valence electrons. The summed E-state index contributed by atoms with van der Waals surface area (Å²) < 4.78 is 0. The van der Waals surface area contributed by atoms with E-state index in [1.54, 1.807) is 0 Å². The molecular formula is C20H30O. The number of allylic oxidation sites excluding steroid dienone is 2. The molecule has 0 heterocycles. The summed E-state index contributed by atoms with van der Waals surface area (Å²) in [6.45, 7) is 7.52. The molecule has 7 atom stereocenters. The molecule has 3 saturated carbocycles. The first-order valence-electron chi connectivity index (χ1n) is 9.23. The largest absolute Gasteiger partial charge is 0.299 e. The van der Waals surface area contributed by atoms with Gasteiger partial charge in [-0.1, -0.05) is 32.4 Å². The van der Waals surface area contributed by atoms with Crippen LogP contribution >= 0.6 is 0 Å². The Hall–Kier alpha value is -0.590. The second kappa shape index (κ2) is 4.70. The average molecular weight is 286 g/mol. The van der Waals surface area contributed by atoms with Crippen LogP contribution in [-0.2, 0) is 4.79 Å². The third-order valence-corrected chi connectivity index (χ3v) is 8.07. The zero-order valence-electron chi connectivity index (χ0n) is 13.9. The molecule has 0 N–H and O–H groups in total. The lowest BCUT2D eigenvalue weighted by Gasteiger charge is -2.55. The Kier molecular flexibility index (Phi) is 3.14. The van der Waals surface area contributed by atoms with Gasteiger partial charge in [0, 0.05) is 12.8 Å². The maximum absolute atomic E-state index is 11.8.